The van der Waals surface area contributed by atoms with Crippen molar-refractivity contribution in [3.63, 3.8) is 0 Å². The Kier molecular flexibility index (Phi) is 13.6. The number of esters is 2. The van der Waals surface area contributed by atoms with E-state index in [9.17, 15) is 9.59 Å². The highest BCUT2D eigenvalue weighted by Crippen LogP contribution is 2.27. The fourth-order valence-electron chi connectivity index (χ4n) is 4.60. The Labute approximate surface area is 275 Å². The van der Waals surface area contributed by atoms with Gasteiger partial charge in [0, 0.05) is 6.08 Å². The highest BCUT2D eigenvalue weighted by molar-refractivity contribution is 5.94. The largest absolute Gasteiger partial charge is 0.494 e. The number of unbranched alkanes of at least 4 members (excludes halogenated alkanes) is 3. The predicted molar refractivity (Wildman–Crippen MR) is 179 cm³/mol. The van der Waals surface area contributed by atoms with Gasteiger partial charge in [0.2, 0.25) is 13.6 Å². The summed E-state index contributed by atoms with van der Waals surface area (Å²) < 4.78 is 38.4. The molecule has 246 valence electrons. The van der Waals surface area contributed by atoms with Gasteiger partial charge in [0.25, 0.3) is 0 Å². The lowest BCUT2D eigenvalue weighted by Gasteiger charge is -2.13. The number of rotatable bonds is 20. The van der Waals surface area contributed by atoms with E-state index in [1.165, 1.54) is 12.3 Å². The van der Waals surface area contributed by atoms with Crippen LogP contribution in [0.4, 0.5) is 0 Å². The first-order valence-corrected chi connectivity index (χ1v) is 15.5. The van der Waals surface area contributed by atoms with Gasteiger partial charge in [-0.2, -0.15) is 0 Å². The van der Waals surface area contributed by atoms with Gasteiger partial charge >= 0.3 is 11.9 Å². The number of fused-ring (bicyclic) bond motifs is 1. The molecule has 0 saturated heterocycles. The monoisotopic (exact) mass is 640 g/mol. The normalized spacial score (nSPS) is 10.5. The van der Waals surface area contributed by atoms with Crippen molar-refractivity contribution in [1.29, 1.82) is 0 Å². The molecule has 0 aliphatic rings. The summed E-state index contributed by atoms with van der Waals surface area (Å²) in [7, 11) is 0. The quantitative estimate of drug-likeness (QED) is 0.0236. The first-order chi connectivity index (χ1) is 23.0. The van der Waals surface area contributed by atoms with Crippen molar-refractivity contribution < 1.29 is 42.7 Å². The molecule has 4 aromatic rings. The predicted octanol–water partition coefficient (Wildman–Crippen LogP) is 8.20. The van der Waals surface area contributed by atoms with Crippen LogP contribution < -0.4 is 23.7 Å². The minimum absolute atomic E-state index is 0.00678. The number of carbonyl (C=O) groups is 2. The number of hydrogen-bond donors (Lipinski definition) is 0. The fourth-order valence-corrected chi connectivity index (χ4v) is 4.60. The zero-order valence-corrected chi connectivity index (χ0v) is 26.6. The highest BCUT2D eigenvalue weighted by Gasteiger charge is 2.15. The van der Waals surface area contributed by atoms with E-state index in [4.69, 9.17) is 33.2 Å². The first kappa shape index (κ1) is 34.4. The van der Waals surface area contributed by atoms with Gasteiger partial charge in [-0.15, -0.1) is 0 Å². The number of aryl methyl sites for hydroxylation is 1. The SMILES string of the molecule is C=COCOc1ccc(OCOc2ccc(C(=O)Oc3ccc4cc(OCCCCCCOC(=O)C=C)ccc4c3)c(CC)c2)cc1. The molecule has 0 N–H and O–H groups in total. The Morgan fingerprint density at radius 3 is 1.89 bits per heavy atom. The van der Waals surface area contributed by atoms with Crippen LogP contribution >= 0.6 is 0 Å². The Morgan fingerprint density at radius 2 is 1.21 bits per heavy atom. The molecule has 0 aliphatic heterocycles. The third-order valence-corrected chi connectivity index (χ3v) is 7.08. The molecule has 0 amide bonds. The van der Waals surface area contributed by atoms with Gasteiger partial charge in [-0.05, 0) is 115 Å². The second-order valence-corrected chi connectivity index (χ2v) is 10.3. The van der Waals surface area contributed by atoms with E-state index >= 15 is 0 Å². The standard InChI is InChI=1S/C38H40O9/c1-4-28-23-34(46-27-45-32-17-15-31(16-18-32)44-26-41-6-3)19-20-36(28)38(40)47-35-14-12-29-24-33(13-11-30(29)25-35)42-21-9-7-8-10-22-43-37(39)5-2/h5-6,11-20,23-25H,2-4,7-10,21-22,26-27H2,1H3. The lowest BCUT2D eigenvalue weighted by molar-refractivity contribution is -0.137. The van der Waals surface area contributed by atoms with E-state index < -0.39 is 5.97 Å². The lowest BCUT2D eigenvalue weighted by Crippen LogP contribution is -2.12. The van der Waals surface area contributed by atoms with Crippen molar-refractivity contribution in [2.45, 2.75) is 39.0 Å². The molecule has 0 unspecified atom stereocenters. The molecule has 9 heteroatoms. The number of ether oxygens (including phenoxy) is 7. The summed E-state index contributed by atoms with van der Waals surface area (Å²) in [6, 6.07) is 23.7. The summed E-state index contributed by atoms with van der Waals surface area (Å²) in [5.74, 6) is 2.24. The zero-order valence-electron chi connectivity index (χ0n) is 26.6. The maximum absolute atomic E-state index is 13.1. The van der Waals surface area contributed by atoms with Crippen LogP contribution in [0, 0.1) is 0 Å². The van der Waals surface area contributed by atoms with Crippen molar-refractivity contribution in [3.05, 3.63) is 115 Å². The summed E-state index contributed by atoms with van der Waals surface area (Å²) >= 11 is 0. The summed E-state index contributed by atoms with van der Waals surface area (Å²) in [5.41, 5.74) is 1.27. The molecule has 4 aromatic carbocycles. The molecular weight excluding hydrogens is 600 g/mol. The molecule has 9 nitrogen and oxygen atoms in total. The molecule has 0 aliphatic carbocycles. The van der Waals surface area contributed by atoms with Gasteiger partial charge in [-0.25, -0.2) is 9.59 Å². The Bertz CT molecular complexity index is 1630. The van der Waals surface area contributed by atoms with Gasteiger partial charge in [0.15, 0.2) is 0 Å². The lowest BCUT2D eigenvalue weighted by atomic mass is 10.0. The molecule has 4 rings (SSSR count). The Hall–Kier alpha value is -5.44. The van der Waals surface area contributed by atoms with Gasteiger partial charge < -0.3 is 33.2 Å². The molecule has 0 saturated carbocycles. The number of carbonyl (C=O) groups excluding carboxylic acids is 2. The third-order valence-electron chi connectivity index (χ3n) is 7.08. The van der Waals surface area contributed by atoms with E-state index in [0.717, 1.165) is 47.8 Å². The van der Waals surface area contributed by atoms with E-state index in [1.54, 1.807) is 42.5 Å². The van der Waals surface area contributed by atoms with Crippen LogP contribution in [-0.2, 0) is 20.7 Å². The van der Waals surface area contributed by atoms with Crippen LogP contribution in [0.5, 0.6) is 28.7 Å². The van der Waals surface area contributed by atoms with Crippen LogP contribution in [-0.4, -0.2) is 38.7 Å². The van der Waals surface area contributed by atoms with Crippen molar-refractivity contribution >= 4 is 22.7 Å². The Balaban J connectivity index is 1.23. The number of benzene rings is 4. The van der Waals surface area contributed by atoms with E-state index in [1.807, 2.05) is 43.3 Å². The topological polar surface area (TPSA) is 98.8 Å². The Morgan fingerprint density at radius 1 is 0.638 bits per heavy atom. The molecular formula is C38H40O9. The molecule has 0 radical (unpaired) electrons. The van der Waals surface area contributed by atoms with E-state index in [-0.39, 0.29) is 19.6 Å². The van der Waals surface area contributed by atoms with Gasteiger partial charge in [-0.1, -0.05) is 32.2 Å². The molecule has 0 heterocycles. The highest BCUT2D eigenvalue weighted by atomic mass is 16.7. The maximum Gasteiger partial charge on any atom is 0.343 e. The van der Waals surface area contributed by atoms with Crippen molar-refractivity contribution in [2.24, 2.45) is 0 Å². The first-order valence-electron chi connectivity index (χ1n) is 15.5. The average Bonchev–Trinajstić information content (AvgIpc) is 3.09. The molecule has 0 spiro atoms. The fraction of sp³-hybridized carbons (Fsp3) is 0.263. The van der Waals surface area contributed by atoms with Crippen LogP contribution in [0.25, 0.3) is 10.8 Å². The average molecular weight is 641 g/mol. The maximum atomic E-state index is 13.1. The van der Waals surface area contributed by atoms with Gasteiger partial charge in [-0.3, -0.25) is 0 Å². The number of hydrogen-bond acceptors (Lipinski definition) is 9. The summed E-state index contributed by atoms with van der Waals surface area (Å²) in [6.07, 6.45) is 6.77. The minimum atomic E-state index is -0.441. The molecule has 0 bridgehead atoms. The third kappa shape index (κ3) is 11.1. The van der Waals surface area contributed by atoms with Crippen LogP contribution in [0.1, 0.15) is 48.5 Å². The van der Waals surface area contributed by atoms with E-state index in [0.29, 0.717) is 48.2 Å². The zero-order chi connectivity index (χ0) is 33.3. The molecule has 0 fully saturated rings. The van der Waals surface area contributed by atoms with Crippen molar-refractivity contribution in [3.8, 4) is 28.7 Å². The van der Waals surface area contributed by atoms with Crippen LogP contribution in [0.15, 0.2) is 104 Å². The van der Waals surface area contributed by atoms with Crippen LogP contribution in [0.3, 0.4) is 0 Å². The minimum Gasteiger partial charge on any atom is -0.494 e. The second-order valence-electron chi connectivity index (χ2n) is 10.3. The summed E-state index contributed by atoms with van der Waals surface area (Å²) in [4.78, 5) is 24.2. The smallest absolute Gasteiger partial charge is 0.343 e. The van der Waals surface area contributed by atoms with Crippen molar-refractivity contribution in [1.82, 2.24) is 0 Å². The second kappa shape index (κ2) is 18.5. The van der Waals surface area contributed by atoms with Crippen molar-refractivity contribution in [2.75, 3.05) is 26.8 Å². The van der Waals surface area contributed by atoms with Crippen LogP contribution in [0.2, 0.25) is 0 Å². The van der Waals surface area contributed by atoms with Gasteiger partial charge in [0.1, 0.15) is 28.7 Å². The summed E-state index contributed by atoms with van der Waals surface area (Å²) in [5, 5.41) is 1.91. The molecule has 0 aromatic heterocycles. The summed E-state index contributed by atoms with van der Waals surface area (Å²) in [6.45, 7) is 9.90. The molecule has 47 heavy (non-hydrogen) atoms. The molecule has 0 atom stereocenters. The van der Waals surface area contributed by atoms with E-state index in [2.05, 4.69) is 13.2 Å². The van der Waals surface area contributed by atoms with Gasteiger partial charge in [0.05, 0.1) is 25.0 Å².